The van der Waals surface area contributed by atoms with Gasteiger partial charge in [-0.3, -0.25) is 0 Å². The van der Waals surface area contributed by atoms with Crippen molar-refractivity contribution in [3.63, 3.8) is 0 Å². The first-order chi connectivity index (χ1) is 49.0. The fraction of sp³-hybridized carbons (Fsp3) is 0. The van der Waals surface area contributed by atoms with Crippen molar-refractivity contribution < 1.29 is 0 Å². The Bertz CT molecular complexity index is 5600. The second-order valence-electron chi connectivity index (χ2n) is 25.3. The number of rotatable bonds is 14. The van der Waals surface area contributed by atoms with E-state index in [-0.39, 0.29) is 0 Å². The zero-order valence-electron chi connectivity index (χ0n) is 53.7. The predicted octanol–water partition coefficient (Wildman–Crippen LogP) is 27.3. The molecular formula is C92H60N4S3. The van der Waals surface area contributed by atoms with Gasteiger partial charge in [0, 0.05) is 34.1 Å². The molecule has 14 aromatic carbocycles. The van der Waals surface area contributed by atoms with Crippen molar-refractivity contribution in [2.45, 2.75) is 0 Å². The quantitative estimate of drug-likeness (QED) is 0.108. The Balaban J connectivity index is 0.841. The number of hydrogen-bond acceptors (Lipinski definition) is 5. The Morgan fingerprint density at radius 1 is 0.192 bits per heavy atom. The summed E-state index contributed by atoms with van der Waals surface area (Å²) in [5.74, 6) is 0. The highest BCUT2D eigenvalue weighted by Crippen LogP contribution is 2.55. The third kappa shape index (κ3) is 10.5. The number of nitrogens with zero attached hydrogens (tertiary/aromatic N) is 4. The lowest BCUT2D eigenvalue weighted by atomic mass is 10.0. The van der Waals surface area contributed by atoms with Crippen LogP contribution in [-0.4, -0.2) is 9.13 Å². The average molecular weight is 1320 g/mol. The zero-order valence-corrected chi connectivity index (χ0v) is 56.1. The summed E-state index contributed by atoms with van der Waals surface area (Å²) in [6.45, 7) is 0. The van der Waals surface area contributed by atoms with Crippen LogP contribution in [0.25, 0.3) is 141 Å². The van der Waals surface area contributed by atoms with Crippen LogP contribution in [0, 0.1) is 0 Å². The highest BCUT2D eigenvalue weighted by atomic mass is 32.1. The number of thiophene rings is 3. The lowest BCUT2D eigenvalue weighted by Crippen LogP contribution is -2.08. The number of anilines is 6. The molecule has 0 aliphatic heterocycles. The van der Waals surface area contributed by atoms with Gasteiger partial charge in [-0.2, -0.15) is 0 Å². The van der Waals surface area contributed by atoms with Gasteiger partial charge < -0.3 is 18.9 Å². The van der Waals surface area contributed by atoms with E-state index < -0.39 is 0 Å². The standard InChI is InChI=1S/C92H60N4S3/c1-5-17-61(18-6-1)67-33-45-77(46-34-67)93(78-47-35-68(36-48-78)62-19-7-2-8-20-62)85-59-83-89(97-85)91-87(95(83)81-53-41-71(42-54-81)75-31-29-65-25-13-15-27-73(65)57-75)88-92(99-91)90-84(96(88)82-55-43-72(44-56-82)76-32-30-66-26-14-16-28-74(66)58-76)60-86(98-90)94(79-49-37-69(38-50-79)63-21-9-3-10-22-63)80-51-39-70(40-52-80)64-23-11-4-12-24-64/h1-60H. The van der Waals surface area contributed by atoms with Crippen LogP contribution in [0.3, 0.4) is 0 Å². The van der Waals surface area contributed by atoms with Gasteiger partial charge in [-0.05, 0) is 185 Å². The minimum atomic E-state index is 1.09. The summed E-state index contributed by atoms with van der Waals surface area (Å²) in [4.78, 5) is 4.91. The van der Waals surface area contributed by atoms with Crippen LogP contribution in [0.4, 0.5) is 32.8 Å². The van der Waals surface area contributed by atoms with E-state index in [2.05, 4.69) is 383 Å². The van der Waals surface area contributed by atoms with Gasteiger partial charge >= 0.3 is 0 Å². The third-order valence-electron chi connectivity index (χ3n) is 19.4. The smallest absolute Gasteiger partial charge is 0.103 e. The van der Waals surface area contributed by atoms with Crippen LogP contribution >= 0.6 is 34.0 Å². The van der Waals surface area contributed by atoms with E-state index in [0.717, 1.165) is 55.2 Å². The molecule has 19 rings (SSSR count). The fourth-order valence-corrected chi connectivity index (χ4v) is 18.3. The van der Waals surface area contributed by atoms with E-state index in [1.54, 1.807) is 0 Å². The van der Waals surface area contributed by atoms with E-state index >= 15 is 0 Å². The van der Waals surface area contributed by atoms with Gasteiger partial charge in [0.25, 0.3) is 0 Å². The molecule has 0 fully saturated rings. The van der Waals surface area contributed by atoms with Crippen molar-refractivity contribution in [2.24, 2.45) is 0 Å². The van der Waals surface area contributed by atoms with Gasteiger partial charge in [-0.15, -0.1) is 34.0 Å². The Morgan fingerprint density at radius 2 is 0.444 bits per heavy atom. The van der Waals surface area contributed by atoms with Crippen molar-refractivity contribution >= 4 is 129 Å². The summed E-state index contributed by atoms with van der Waals surface area (Å²) in [7, 11) is 0. The van der Waals surface area contributed by atoms with Crippen molar-refractivity contribution in [3.8, 4) is 78.1 Å². The molecule has 0 amide bonds. The first-order valence-electron chi connectivity index (χ1n) is 33.5. The molecule has 7 heteroatoms. The van der Waals surface area contributed by atoms with Crippen LogP contribution in [0.15, 0.2) is 364 Å². The van der Waals surface area contributed by atoms with E-state index in [1.807, 2.05) is 34.0 Å². The van der Waals surface area contributed by atoms with Crippen LogP contribution in [0.2, 0.25) is 0 Å². The van der Waals surface area contributed by atoms with E-state index in [4.69, 9.17) is 0 Å². The second-order valence-corrected chi connectivity index (χ2v) is 28.3. The minimum Gasteiger partial charge on any atom is -0.305 e. The fourth-order valence-electron chi connectivity index (χ4n) is 14.4. The highest BCUT2D eigenvalue weighted by molar-refractivity contribution is 7.35. The Hall–Kier alpha value is -12.1. The summed E-state index contributed by atoms with van der Waals surface area (Å²) in [6.07, 6.45) is 0. The molecule has 99 heavy (non-hydrogen) atoms. The molecule has 0 N–H and O–H groups in total. The highest BCUT2D eigenvalue weighted by Gasteiger charge is 2.30. The lowest BCUT2D eigenvalue weighted by molar-refractivity contribution is 1.15. The molecule has 19 aromatic rings. The van der Waals surface area contributed by atoms with Crippen LogP contribution in [0.1, 0.15) is 0 Å². The van der Waals surface area contributed by atoms with Gasteiger partial charge in [0.2, 0.25) is 0 Å². The number of aromatic nitrogens is 2. The third-order valence-corrected chi connectivity index (χ3v) is 23.1. The monoisotopic (exact) mass is 1320 g/mol. The largest absolute Gasteiger partial charge is 0.305 e. The van der Waals surface area contributed by atoms with E-state index in [9.17, 15) is 0 Å². The van der Waals surface area contributed by atoms with Gasteiger partial charge in [-0.1, -0.05) is 267 Å². The van der Waals surface area contributed by atoms with Gasteiger partial charge in [0.15, 0.2) is 0 Å². The van der Waals surface area contributed by atoms with Gasteiger partial charge in [0.05, 0.1) is 40.9 Å². The van der Waals surface area contributed by atoms with E-state index in [0.29, 0.717) is 0 Å². The maximum atomic E-state index is 2.57. The molecule has 0 aliphatic carbocycles. The molecule has 0 unspecified atom stereocenters. The summed E-state index contributed by atoms with van der Waals surface area (Å²) in [5.41, 5.74) is 25.5. The van der Waals surface area contributed by atoms with Gasteiger partial charge in [0.1, 0.15) is 10.0 Å². The number of hydrogen-bond donors (Lipinski definition) is 0. The SMILES string of the molecule is c1ccc(-c2ccc(N(c3ccc(-c4ccccc4)cc3)c3cc4c(s3)c3sc5c6sc(N(c7ccc(-c8ccccc8)cc7)c7ccc(-c8ccccc8)cc7)cc6n(-c6ccc(-c7ccc8ccccc8c7)cc6)c5c3n4-c3ccc(-c4ccc5ccccc5c4)cc3)cc2)cc1. The molecule has 5 heterocycles. The number of fused-ring (bicyclic) bond motifs is 9. The van der Waals surface area contributed by atoms with Crippen LogP contribution < -0.4 is 9.80 Å². The predicted molar refractivity (Wildman–Crippen MR) is 426 cm³/mol. The second kappa shape index (κ2) is 24.5. The first-order valence-corrected chi connectivity index (χ1v) is 36.0. The summed E-state index contributed by atoms with van der Waals surface area (Å²) in [6, 6.07) is 133. The maximum Gasteiger partial charge on any atom is 0.103 e. The minimum absolute atomic E-state index is 1.09. The normalized spacial score (nSPS) is 11.6. The maximum absolute atomic E-state index is 2.57. The molecule has 0 bridgehead atoms. The average Bonchev–Trinajstić information content (AvgIpc) is 1.52. The number of benzene rings is 14. The van der Waals surface area contributed by atoms with Gasteiger partial charge in [-0.25, -0.2) is 0 Å². The Labute approximate surface area is 585 Å². The zero-order chi connectivity index (χ0) is 65.3. The molecule has 0 saturated heterocycles. The molecule has 0 radical (unpaired) electrons. The topological polar surface area (TPSA) is 16.3 Å². The molecule has 0 saturated carbocycles. The van der Waals surface area contributed by atoms with Crippen LogP contribution in [0.5, 0.6) is 0 Å². The summed E-state index contributed by atoms with van der Waals surface area (Å²) in [5, 5.41) is 7.19. The molecule has 0 atom stereocenters. The molecule has 0 spiro atoms. The molecule has 5 aromatic heterocycles. The molecule has 0 aliphatic rings. The van der Waals surface area contributed by atoms with Crippen molar-refractivity contribution in [1.82, 2.24) is 9.13 Å². The van der Waals surface area contributed by atoms with Crippen LogP contribution in [-0.2, 0) is 0 Å². The summed E-state index contributed by atoms with van der Waals surface area (Å²) >= 11 is 5.67. The van der Waals surface area contributed by atoms with Crippen molar-refractivity contribution in [3.05, 3.63) is 364 Å². The molecule has 466 valence electrons. The first kappa shape index (κ1) is 58.3. The van der Waals surface area contributed by atoms with Crippen molar-refractivity contribution in [2.75, 3.05) is 9.80 Å². The van der Waals surface area contributed by atoms with Crippen molar-refractivity contribution in [1.29, 1.82) is 0 Å². The Kier molecular flexibility index (Phi) is 14.4. The molecule has 4 nitrogen and oxygen atoms in total. The lowest BCUT2D eigenvalue weighted by Gasteiger charge is -2.24. The summed E-state index contributed by atoms with van der Waals surface area (Å²) < 4.78 is 10.1. The Morgan fingerprint density at radius 3 is 0.758 bits per heavy atom. The molecular weight excluding hydrogens is 1260 g/mol. The van der Waals surface area contributed by atoms with E-state index in [1.165, 1.54) is 118 Å².